The van der Waals surface area contributed by atoms with E-state index in [9.17, 15) is 4.79 Å². The number of aromatic nitrogens is 2. The highest BCUT2D eigenvalue weighted by Gasteiger charge is 2.14. The van der Waals surface area contributed by atoms with Gasteiger partial charge in [0.25, 0.3) is 5.56 Å². The van der Waals surface area contributed by atoms with Crippen LogP contribution >= 0.6 is 15.9 Å². The van der Waals surface area contributed by atoms with E-state index in [1.165, 1.54) is 6.33 Å². The highest BCUT2D eigenvalue weighted by molar-refractivity contribution is 9.10. The fourth-order valence-electron chi connectivity index (χ4n) is 1.72. The van der Waals surface area contributed by atoms with Crippen molar-refractivity contribution in [3.63, 3.8) is 0 Å². The molecule has 88 valence electrons. The van der Waals surface area contributed by atoms with Gasteiger partial charge in [-0.3, -0.25) is 4.79 Å². The fourth-order valence-corrected chi connectivity index (χ4v) is 2.07. The molecule has 0 amide bonds. The predicted octanol–water partition coefficient (Wildman–Crippen LogP) is 1.37. The summed E-state index contributed by atoms with van der Waals surface area (Å²) >= 11 is 3.21. The summed E-state index contributed by atoms with van der Waals surface area (Å²) < 4.78 is 5.84. The maximum atomic E-state index is 11.3. The van der Waals surface area contributed by atoms with Crippen LogP contribution in [0.15, 0.2) is 15.6 Å². The third-order valence-electron chi connectivity index (χ3n) is 2.61. The summed E-state index contributed by atoms with van der Waals surface area (Å²) in [5.74, 6) is 1.09. The van der Waals surface area contributed by atoms with Gasteiger partial charge in [-0.1, -0.05) is 0 Å². The van der Waals surface area contributed by atoms with Crippen LogP contribution in [0.4, 0.5) is 5.82 Å². The summed E-state index contributed by atoms with van der Waals surface area (Å²) in [6, 6.07) is 0. The maximum Gasteiger partial charge on any atom is 0.267 e. The summed E-state index contributed by atoms with van der Waals surface area (Å²) in [6.45, 7) is 2.44. The van der Waals surface area contributed by atoms with Crippen molar-refractivity contribution in [3.05, 3.63) is 21.2 Å². The van der Waals surface area contributed by atoms with Gasteiger partial charge < -0.3 is 15.0 Å². The van der Waals surface area contributed by atoms with Crippen LogP contribution in [0.2, 0.25) is 0 Å². The minimum absolute atomic E-state index is 0.169. The minimum atomic E-state index is -0.169. The summed E-state index contributed by atoms with van der Waals surface area (Å²) in [5, 5.41) is 3.17. The van der Waals surface area contributed by atoms with Crippen molar-refractivity contribution < 1.29 is 4.74 Å². The van der Waals surface area contributed by atoms with Gasteiger partial charge in [0, 0.05) is 13.2 Å². The minimum Gasteiger partial charge on any atom is -0.381 e. The first-order chi connectivity index (χ1) is 7.77. The molecule has 0 spiro atoms. The summed E-state index contributed by atoms with van der Waals surface area (Å²) in [5.41, 5.74) is -0.169. The largest absolute Gasteiger partial charge is 0.381 e. The number of aromatic amines is 1. The molecule has 1 aliphatic rings. The molecule has 2 N–H and O–H groups in total. The van der Waals surface area contributed by atoms with Crippen molar-refractivity contribution in [1.29, 1.82) is 0 Å². The van der Waals surface area contributed by atoms with Crippen molar-refractivity contribution in [2.45, 2.75) is 12.8 Å². The van der Waals surface area contributed by atoms with Crippen LogP contribution in [0, 0.1) is 5.92 Å². The van der Waals surface area contributed by atoms with Gasteiger partial charge in [-0.25, -0.2) is 4.98 Å². The van der Waals surface area contributed by atoms with Crippen LogP contribution in [-0.4, -0.2) is 29.7 Å². The molecule has 0 aromatic carbocycles. The molecule has 2 heterocycles. The molecule has 0 aliphatic carbocycles. The Morgan fingerprint density at radius 2 is 2.56 bits per heavy atom. The molecule has 16 heavy (non-hydrogen) atoms. The molecule has 1 aliphatic heterocycles. The quantitative estimate of drug-likeness (QED) is 0.881. The lowest BCUT2D eigenvalue weighted by molar-refractivity contribution is 0.0594. The number of hydrogen-bond acceptors (Lipinski definition) is 4. The Morgan fingerprint density at radius 3 is 3.31 bits per heavy atom. The van der Waals surface area contributed by atoms with E-state index in [4.69, 9.17) is 4.74 Å². The highest BCUT2D eigenvalue weighted by Crippen LogP contribution is 2.17. The van der Waals surface area contributed by atoms with Crippen LogP contribution in [0.5, 0.6) is 0 Å². The average Bonchev–Trinajstić information content (AvgIpc) is 2.32. The topological polar surface area (TPSA) is 67.0 Å². The van der Waals surface area contributed by atoms with E-state index in [1.54, 1.807) is 0 Å². The molecule has 1 aromatic heterocycles. The zero-order chi connectivity index (χ0) is 11.4. The molecule has 0 bridgehead atoms. The van der Waals surface area contributed by atoms with Crippen molar-refractivity contribution in [1.82, 2.24) is 9.97 Å². The molecule has 2 rings (SSSR count). The molecule has 5 nitrogen and oxygen atoms in total. The third-order valence-corrected chi connectivity index (χ3v) is 3.35. The molecule has 1 unspecified atom stereocenters. The molecule has 6 heteroatoms. The Labute approximate surface area is 102 Å². The van der Waals surface area contributed by atoms with Gasteiger partial charge in [0.05, 0.1) is 12.9 Å². The monoisotopic (exact) mass is 287 g/mol. The van der Waals surface area contributed by atoms with Gasteiger partial charge in [0.1, 0.15) is 10.3 Å². The van der Waals surface area contributed by atoms with Gasteiger partial charge in [-0.05, 0) is 34.7 Å². The van der Waals surface area contributed by atoms with Gasteiger partial charge in [-0.15, -0.1) is 0 Å². The van der Waals surface area contributed by atoms with Gasteiger partial charge in [-0.2, -0.15) is 0 Å². The molecule has 1 atom stereocenters. The number of hydrogen-bond donors (Lipinski definition) is 2. The van der Waals surface area contributed by atoms with Crippen molar-refractivity contribution in [2.75, 3.05) is 25.1 Å². The van der Waals surface area contributed by atoms with Crippen molar-refractivity contribution >= 4 is 21.7 Å². The highest BCUT2D eigenvalue weighted by atomic mass is 79.9. The van der Waals surface area contributed by atoms with E-state index in [2.05, 4.69) is 31.2 Å². The van der Waals surface area contributed by atoms with E-state index in [1.807, 2.05) is 0 Å². The summed E-state index contributed by atoms with van der Waals surface area (Å²) in [4.78, 5) is 17.9. The first kappa shape index (κ1) is 11.6. The van der Waals surface area contributed by atoms with E-state index >= 15 is 0 Å². The van der Waals surface area contributed by atoms with Gasteiger partial charge in [0.2, 0.25) is 0 Å². The second-order valence-electron chi connectivity index (χ2n) is 3.86. The number of H-pyrrole nitrogens is 1. The Balaban J connectivity index is 1.93. The van der Waals surface area contributed by atoms with Crippen LogP contribution in [-0.2, 0) is 4.74 Å². The molecule has 1 aromatic rings. The Kier molecular flexibility index (Phi) is 3.95. The molecule has 0 saturated carbocycles. The number of nitrogens with one attached hydrogen (secondary N) is 2. The van der Waals surface area contributed by atoms with Gasteiger partial charge >= 0.3 is 0 Å². The predicted molar refractivity (Wildman–Crippen MR) is 64.6 cm³/mol. The van der Waals surface area contributed by atoms with E-state index < -0.39 is 0 Å². The second kappa shape index (κ2) is 5.45. The number of ether oxygens (including phenoxy) is 1. The Morgan fingerprint density at radius 1 is 1.69 bits per heavy atom. The van der Waals surface area contributed by atoms with E-state index in [0.717, 1.165) is 32.6 Å². The summed E-state index contributed by atoms with van der Waals surface area (Å²) in [6.07, 6.45) is 3.66. The van der Waals surface area contributed by atoms with Crippen molar-refractivity contribution in [2.24, 2.45) is 5.92 Å². The molecular formula is C10H14BrN3O2. The first-order valence-electron chi connectivity index (χ1n) is 5.32. The van der Waals surface area contributed by atoms with Crippen LogP contribution in [0.1, 0.15) is 12.8 Å². The molecule has 1 fully saturated rings. The lowest BCUT2D eigenvalue weighted by Gasteiger charge is -2.22. The SMILES string of the molecule is O=c1[nH]cnc(NCC2CCCOC2)c1Br. The summed E-state index contributed by atoms with van der Waals surface area (Å²) in [7, 11) is 0. The van der Waals surface area contributed by atoms with Crippen LogP contribution in [0.3, 0.4) is 0 Å². The number of anilines is 1. The molecule has 1 saturated heterocycles. The number of rotatable bonds is 3. The van der Waals surface area contributed by atoms with Crippen LogP contribution in [0.25, 0.3) is 0 Å². The Bertz CT molecular complexity index is 401. The van der Waals surface area contributed by atoms with Crippen LogP contribution < -0.4 is 10.9 Å². The number of nitrogens with zero attached hydrogens (tertiary/aromatic N) is 1. The zero-order valence-corrected chi connectivity index (χ0v) is 10.4. The first-order valence-corrected chi connectivity index (χ1v) is 6.11. The molecule has 0 radical (unpaired) electrons. The number of halogens is 1. The fraction of sp³-hybridized carbons (Fsp3) is 0.600. The normalized spacial score (nSPS) is 20.7. The van der Waals surface area contributed by atoms with E-state index in [-0.39, 0.29) is 5.56 Å². The lowest BCUT2D eigenvalue weighted by atomic mass is 10.0. The standard InChI is InChI=1S/C10H14BrN3O2/c11-8-9(13-6-14-10(8)15)12-4-7-2-1-3-16-5-7/h6-7H,1-5H2,(H2,12,13,14,15). The average molecular weight is 288 g/mol. The second-order valence-corrected chi connectivity index (χ2v) is 4.65. The maximum absolute atomic E-state index is 11.3. The molecular weight excluding hydrogens is 274 g/mol. The third kappa shape index (κ3) is 2.82. The zero-order valence-electron chi connectivity index (χ0n) is 8.83. The Hall–Kier alpha value is -0.880. The smallest absolute Gasteiger partial charge is 0.267 e. The van der Waals surface area contributed by atoms with E-state index in [0.29, 0.717) is 16.2 Å². The van der Waals surface area contributed by atoms with Crippen molar-refractivity contribution in [3.8, 4) is 0 Å². The van der Waals surface area contributed by atoms with Gasteiger partial charge in [0.15, 0.2) is 0 Å². The lowest BCUT2D eigenvalue weighted by Crippen LogP contribution is -2.25.